The minimum absolute atomic E-state index is 0.0124. The van der Waals surface area contributed by atoms with E-state index >= 15 is 0 Å². The third-order valence-electron chi connectivity index (χ3n) is 4.08. The number of amides is 2. The van der Waals surface area contributed by atoms with Crippen molar-refractivity contribution in [1.82, 2.24) is 20.0 Å². The van der Waals surface area contributed by atoms with E-state index in [4.69, 9.17) is 0 Å². The largest absolute Gasteiger partial charge is 0.355 e. The van der Waals surface area contributed by atoms with Crippen LogP contribution >= 0.6 is 0 Å². The fraction of sp³-hybridized carbons (Fsp3) is 0.688. The number of rotatable bonds is 6. The Kier molecular flexibility index (Phi) is 6.15. The molecule has 128 valence electrons. The quantitative estimate of drug-likeness (QED) is 0.826. The van der Waals surface area contributed by atoms with Gasteiger partial charge in [-0.1, -0.05) is 6.42 Å². The molecule has 7 nitrogen and oxygen atoms in total. The topological polar surface area (TPSA) is 79.3 Å². The number of piperidine rings is 1. The van der Waals surface area contributed by atoms with Crippen LogP contribution in [0.25, 0.3) is 0 Å². The standard InChI is InChI=1S/C16H27N5O2/c1-4-17-15(22)11-20-10-8-14(19-20)18-16(23)13-7-5-6-9-21(13)12(2)3/h8,10,12-13H,4-7,9,11H2,1-3H3,(H,17,22)(H,18,19,23)/t13-/m1/s1. The highest BCUT2D eigenvalue weighted by molar-refractivity contribution is 5.94. The zero-order chi connectivity index (χ0) is 16.8. The van der Waals surface area contributed by atoms with E-state index in [-0.39, 0.29) is 24.4 Å². The van der Waals surface area contributed by atoms with Gasteiger partial charge in [0.2, 0.25) is 11.8 Å². The van der Waals surface area contributed by atoms with Crippen LogP contribution in [-0.2, 0) is 16.1 Å². The summed E-state index contributed by atoms with van der Waals surface area (Å²) in [4.78, 5) is 26.3. The summed E-state index contributed by atoms with van der Waals surface area (Å²) in [5.74, 6) is 0.391. The minimum Gasteiger partial charge on any atom is -0.355 e. The number of hydrogen-bond donors (Lipinski definition) is 2. The van der Waals surface area contributed by atoms with Gasteiger partial charge < -0.3 is 10.6 Å². The van der Waals surface area contributed by atoms with Gasteiger partial charge in [-0.05, 0) is 40.2 Å². The lowest BCUT2D eigenvalue weighted by Crippen LogP contribution is -2.50. The molecule has 0 radical (unpaired) electrons. The normalized spacial score (nSPS) is 18.9. The molecule has 0 aromatic carbocycles. The van der Waals surface area contributed by atoms with E-state index in [1.807, 2.05) is 6.92 Å². The van der Waals surface area contributed by atoms with Crippen molar-refractivity contribution in [2.75, 3.05) is 18.4 Å². The molecule has 7 heteroatoms. The lowest BCUT2D eigenvalue weighted by atomic mass is 10.00. The van der Waals surface area contributed by atoms with E-state index in [2.05, 4.69) is 34.5 Å². The summed E-state index contributed by atoms with van der Waals surface area (Å²) in [7, 11) is 0. The molecule has 0 spiro atoms. The van der Waals surface area contributed by atoms with Crippen LogP contribution in [0, 0.1) is 0 Å². The predicted molar refractivity (Wildman–Crippen MR) is 89.0 cm³/mol. The Morgan fingerprint density at radius 1 is 1.39 bits per heavy atom. The summed E-state index contributed by atoms with van der Waals surface area (Å²) in [5.41, 5.74) is 0. The Morgan fingerprint density at radius 2 is 2.17 bits per heavy atom. The summed E-state index contributed by atoms with van der Waals surface area (Å²) >= 11 is 0. The maximum absolute atomic E-state index is 12.5. The molecule has 0 aliphatic carbocycles. The van der Waals surface area contributed by atoms with Crippen molar-refractivity contribution >= 4 is 17.6 Å². The number of hydrogen-bond acceptors (Lipinski definition) is 4. The van der Waals surface area contributed by atoms with Gasteiger partial charge in [0.25, 0.3) is 0 Å². The average molecular weight is 321 g/mol. The molecule has 2 amide bonds. The Labute approximate surface area is 137 Å². The first-order valence-corrected chi connectivity index (χ1v) is 8.38. The van der Waals surface area contributed by atoms with Gasteiger partial charge in [-0.3, -0.25) is 19.2 Å². The van der Waals surface area contributed by atoms with E-state index in [1.165, 1.54) is 4.68 Å². The number of carbonyl (C=O) groups is 2. The van der Waals surface area contributed by atoms with Crippen molar-refractivity contribution < 1.29 is 9.59 Å². The molecule has 0 bridgehead atoms. The SMILES string of the molecule is CCNC(=O)Cn1ccc(NC(=O)[C@H]2CCCCN2C(C)C)n1. The Balaban J connectivity index is 1.94. The molecule has 1 saturated heterocycles. The molecule has 0 unspecified atom stereocenters. The van der Waals surface area contributed by atoms with Crippen molar-refractivity contribution in [3.05, 3.63) is 12.3 Å². The van der Waals surface area contributed by atoms with E-state index in [0.29, 0.717) is 18.4 Å². The molecule has 2 heterocycles. The lowest BCUT2D eigenvalue weighted by molar-refractivity contribution is -0.123. The first-order valence-electron chi connectivity index (χ1n) is 8.38. The Hall–Kier alpha value is -1.89. The summed E-state index contributed by atoms with van der Waals surface area (Å²) in [6.07, 6.45) is 4.80. The van der Waals surface area contributed by atoms with Gasteiger partial charge in [-0.2, -0.15) is 5.10 Å². The number of likely N-dealkylation sites (tertiary alicyclic amines) is 1. The van der Waals surface area contributed by atoms with Gasteiger partial charge in [0, 0.05) is 24.8 Å². The number of anilines is 1. The highest BCUT2D eigenvalue weighted by Gasteiger charge is 2.30. The summed E-state index contributed by atoms with van der Waals surface area (Å²) in [5, 5.41) is 9.84. The molecule has 23 heavy (non-hydrogen) atoms. The van der Waals surface area contributed by atoms with Crippen LogP contribution in [0.2, 0.25) is 0 Å². The zero-order valence-corrected chi connectivity index (χ0v) is 14.2. The van der Waals surface area contributed by atoms with Gasteiger partial charge in [-0.15, -0.1) is 0 Å². The first kappa shape index (κ1) is 17.5. The number of likely N-dealkylation sites (N-methyl/N-ethyl adjacent to an activating group) is 1. The maximum Gasteiger partial charge on any atom is 0.242 e. The highest BCUT2D eigenvalue weighted by atomic mass is 16.2. The second-order valence-electron chi connectivity index (χ2n) is 6.18. The Bertz CT molecular complexity index is 540. The summed E-state index contributed by atoms with van der Waals surface area (Å²) < 4.78 is 1.53. The Morgan fingerprint density at radius 3 is 2.87 bits per heavy atom. The van der Waals surface area contributed by atoms with Crippen LogP contribution in [0.3, 0.4) is 0 Å². The molecule has 2 N–H and O–H groups in total. The molecule has 1 atom stereocenters. The molecule has 2 rings (SSSR count). The molecular weight excluding hydrogens is 294 g/mol. The van der Waals surface area contributed by atoms with Crippen LogP contribution in [-0.4, -0.2) is 51.7 Å². The highest BCUT2D eigenvalue weighted by Crippen LogP contribution is 2.20. The number of aromatic nitrogens is 2. The average Bonchev–Trinajstić information content (AvgIpc) is 2.94. The van der Waals surface area contributed by atoms with Gasteiger partial charge in [0.1, 0.15) is 6.54 Å². The number of nitrogens with zero attached hydrogens (tertiary/aromatic N) is 3. The van der Waals surface area contributed by atoms with Gasteiger partial charge in [0.15, 0.2) is 5.82 Å². The third kappa shape index (κ3) is 4.79. The molecule has 0 saturated carbocycles. The van der Waals surface area contributed by atoms with Crippen LogP contribution in [0.5, 0.6) is 0 Å². The van der Waals surface area contributed by atoms with Crippen molar-refractivity contribution in [3.63, 3.8) is 0 Å². The third-order valence-corrected chi connectivity index (χ3v) is 4.08. The fourth-order valence-electron chi connectivity index (χ4n) is 2.98. The maximum atomic E-state index is 12.5. The molecule has 1 aliphatic heterocycles. The van der Waals surface area contributed by atoms with Gasteiger partial charge in [-0.25, -0.2) is 0 Å². The van der Waals surface area contributed by atoms with Crippen LogP contribution in [0.1, 0.15) is 40.0 Å². The molecule has 1 fully saturated rings. The van der Waals surface area contributed by atoms with Crippen molar-refractivity contribution in [2.45, 2.75) is 58.7 Å². The van der Waals surface area contributed by atoms with Crippen LogP contribution < -0.4 is 10.6 Å². The summed E-state index contributed by atoms with van der Waals surface area (Å²) in [6, 6.07) is 1.97. The molecule has 1 aromatic heterocycles. The van der Waals surface area contributed by atoms with Crippen LogP contribution in [0.15, 0.2) is 12.3 Å². The van der Waals surface area contributed by atoms with Crippen LogP contribution in [0.4, 0.5) is 5.82 Å². The van der Waals surface area contributed by atoms with E-state index in [1.54, 1.807) is 12.3 Å². The zero-order valence-electron chi connectivity index (χ0n) is 14.2. The van der Waals surface area contributed by atoms with E-state index in [9.17, 15) is 9.59 Å². The van der Waals surface area contributed by atoms with Crippen molar-refractivity contribution in [1.29, 1.82) is 0 Å². The minimum atomic E-state index is -0.0997. The number of carbonyl (C=O) groups excluding carboxylic acids is 2. The monoisotopic (exact) mass is 321 g/mol. The molecular formula is C16H27N5O2. The second kappa shape index (κ2) is 8.10. The first-order chi connectivity index (χ1) is 11.0. The lowest BCUT2D eigenvalue weighted by Gasteiger charge is -2.37. The van der Waals surface area contributed by atoms with Gasteiger partial charge >= 0.3 is 0 Å². The predicted octanol–water partition coefficient (Wildman–Crippen LogP) is 1.22. The van der Waals surface area contributed by atoms with Crippen molar-refractivity contribution in [2.24, 2.45) is 0 Å². The smallest absolute Gasteiger partial charge is 0.242 e. The molecule has 1 aliphatic rings. The van der Waals surface area contributed by atoms with E-state index in [0.717, 1.165) is 25.8 Å². The van der Waals surface area contributed by atoms with E-state index < -0.39 is 0 Å². The molecule has 1 aromatic rings. The number of nitrogens with one attached hydrogen (secondary N) is 2. The van der Waals surface area contributed by atoms with Gasteiger partial charge in [0.05, 0.1) is 6.04 Å². The summed E-state index contributed by atoms with van der Waals surface area (Å²) in [6.45, 7) is 7.82. The van der Waals surface area contributed by atoms with Crippen molar-refractivity contribution in [3.8, 4) is 0 Å². The second-order valence-corrected chi connectivity index (χ2v) is 6.18. The fourth-order valence-corrected chi connectivity index (χ4v) is 2.98.